The molecule has 0 spiro atoms. The van der Waals surface area contributed by atoms with Crippen molar-refractivity contribution in [2.75, 3.05) is 18.0 Å². The second-order valence-corrected chi connectivity index (χ2v) is 9.71. The summed E-state index contributed by atoms with van der Waals surface area (Å²) in [5, 5.41) is 3.26. The quantitative estimate of drug-likeness (QED) is 0.349. The van der Waals surface area contributed by atoms with Crippen molar-refractivity contribution in [1.29, 1.82) is 0 Å². The largest absolute Gasteiger partial charge is 0.573 e. The first-order valence-electron chi connectivity index (χ1n) is 12.6. The molecule has 202 valence electrons. The zero-order valence-electron chi connectivity index (χ0n) is 21.0. The third-order valence-corrected chi connectivity index (χ3v) is 7.08. The molecule has 1 aliphatic heterocycles. The van der Waals surface area contributed by atoms with Crippen LogP contribution in [0.1, 0.15) is 24.0 Å². The van der Waals surface area contributed by atoms with Gasteiger partial charge in [0.15, 0.2) is 0 Å². The molecule has 2 heterocycles. The van der Waals surface area contributed by atoms with E-state index >= 15 is 0 Å². The van der Waals surface area contributed by atoms with Crippen molar-refractivity contribution >= 4 is 22.8 Å². The van der Waals surface area contributed by atoms with Crippen LogP contribution < -0.4 is 20.5 Å². The highest BCUT2D eigenvalue weighted by Gasteiger charge is 2.42. The molecule has 1 saturated heterocycles. The van der Waals surface area contributed by atoms with Crippen molar-refractivity contribution in [2.24, 2.45) is 5.41 Å². The van der Waals surface area contributed by atoms with Crippen molar-refractivity contribution in [2.45, 2.75) is 32.2 Å². The Bertz CT molecular complexity index is 1500. The SMILES string of the molecule is O=C(NCc1ccccc1)C1(Cc2ccccc2)CCN(c2nc3cc(OC(F)(F)F)ccc3c(=O)[nH]2)CC1. The Hall–Kier alpha value is -4.34. The fourth-order valence-electron chi connectivity index (χ4n) is 5.04. The number of hydrogen-bond donors (Lipinski definition) is 2. The number of anilines is 1. The van der Waals surface area contributed by atoms with Gasteiger partial charge in [0.2, 0.25) is 11.9 Å². The third kappa shape index (κ3) is 6.22. The highest BCUT2D eigenvalue weighted by atomic mass is 19.4. The maximum Gasteiger partial charge on any atom is 0.573 e. The van der Waals surface area contributed by atoms with Gasteiger partial charge in [-0.15, -0.1) is 13.2 Å². The van der Waals surface area contributed by atoms with E-state index in [2.05, 4.69) is 20.0 Å². The number of carbonyl (C=O) groups is 1. The summed E-state index contributed by atoms with van der Waals surface area (Å²) in [6.45, 7) is 1.28. The maximum atomic E-state index is 13.6. The number of aromatic nitrogens is 2. The maximum absolute atomic E-state index is 13.6. The molecule has 3 aromatic carbocycles. The summed E-state index contributed by atoms with van der Waals surface area (Å²) < 4.78 is 42.0. The van der Waals surface area contributed by atoms with E-state index in [9.17, 15) is 22.8 Å². The summed E-state index contributed by atoms with van der Waals surface area (Å²) in [7, 11) is 0. The topological polar surface area (TPSA) is 87.3 Å². The highest BCUT2D eigenvalue weighted by Crippen LogP contribution is 2.37. The van der Waals surface area contributed by atoms with E-state index in [-0.39, 0.29) is 22.8 Å². The number of H-pyrrole nitrogens is 1. The van der Waals surface area contributed by atoms with Crippen molar-refractivity contribution in [3.63, 3.8) is 0 Å². The second-order valence-electron chi connectivity index (χ2n) is 9.71. The lowest BCUT2D eigenvalue weighted by Crippen LogP contribution is -2.50. The molecule has 0 saturated carbocycles. The van der Waals surface area contributed by atoms with E-state index in [0.717, 1.165) is 23.3 Å². The molecule has 0 radical (unpaired) electrons. The van der Waals surface area contributed by atoms with Crippen LogP contribution in [0.3, 0.4) is 0 Å². The Balaban J connectivity index is 1.37. The Kier molecular flexibility index (Phi) is 7.28. The lowest BCUT2D eigenvalue weighted by atomic mass is 9.73. The number of alkyl halides is 3. The Labute approximate surface area is 222 Å². The first-order chi connectivity index (χ1) is 18.7. The number of benzene rings is 3. The predicted molar refractivity (Wildman–Crippen MR) is 141 cm³/mol. The molecule has 7 nitrogen and oxygen atoms in total. The van der Waals surface area contributed by atoms with Crippen LogP contribution in [0.2, 0.25) is 0 Å². The van der Waals surface area contributed by atoms with E-state index in [4.69, 9.17) is 0 Å². The summed E-state index contributed by atoms with van der Waals surface area (Å²) >= 11 is 0. The summed E-state index contributed by atoms with van der Waals surface area (Å²) in [5.74, 6) is -0.243. The van der Waals surface area contributed by atoms with Crippen LogP contribution in [0.15, 0.2) is 83.7 Å². The van der Waals surface area contributed by atoms with Crippen molar-refractivity contribution in [3.05, 3.63) is 100 Å². The fraction of sp³-hybridized carbons (Fsp3) is 0.276. The first-order valence-corrected chi connectivity index (χ1v) is 12.6. The molecule has 0 aliphatic carbocycles. The summed E-state index contributed by atoms with van der Waals surface area (Å²) in [5.41, 5.74) is 1.02. The second kappa shape index (κ2) is 10.8. The molecular formula is C29H27F3N4O3. The number of carbonyl (C=O) groups excluding carboxylic acids is 1. The van der Waals surface area contributed by atoms with E-state index in [1.807, 2.05) is 65.6 Å². The van der Waals surface area contributed by atoms with Gasteiger partial charge in [-0.3, -0.25) is 14.6 Å². The average Bonchev–Trinajstić information content (AvgIpc) is 2.92. The Morgan fingerprint density at radius 3 is 2.26 bits per heavy atom. The van der Waals surface area contributed by atoms with Crippen LogP contribution in [-0.4, -0.2) is 35.3 Å². The Morgan fingerprint density at radius 2 is 1.62 bits per heavy atom. The number of amides is 1. The van der Waals surface area contributed by atoms with Gasteiger partial charge >= 0.3 is 6.36 Å². The van der Waals surface area contributed by atoms with Gasteiger partial charge in [-0.05, 0) is 42.5 Å². The zero-order valence-corrected chi connectivity index (χ0v) is 21.0. The smallest absolute Gasteiger partial charge is 0.406 e. The minimum atomic E-state index is -4.85. The predicted octanol–water partition coefficient (Wildman–Crippen LogP) is 4.97. The van der Waals surface area contributed by atoms with Crippen molar-refractivity contribution in [3.8, 4) is 5.75 Å². The monoisotopic (exact) mass is 536 g/mol. The fourth-order valence-corrected chi connectivity index (χ4v) is 5.04. The Morgan fingerprint density at radius 1 is 0.974 bits per heavy atom. The molecule has 2 N–H and O–H groups in total. The standard InChI is InChI=1S/C29H27F3N4O3/c30-29(31,32)39-22-11-12-23-24(17-22)34-27(35-25(23)37)36-15-13-28(14-16-36,18-20-7-3-1-4-8-20)26(38)33-19-21-9-5-2-6-10-21/h1-12,17H,13-16,18-19H2,(H,33,38)(H,34,35,37). The minimum absolute atomic E-state index is 0.0382. The van der Waals surface area contributed by atoms with Gasteiger partial charge in [-0.1, -0.05) is 60.7 Å². The van der Waals surface area contributed by atoms with E-state index in [1.54, 1.807) is 0 Å². The van der Waals surface area contributed by atoms with Crippen LogP contribution in [0.25, 0.3) is 10.9 Å². The number of ether oxygens (including phenoxy) is 1. The molecular weight excluding hydrogens is 509 g/mol. The number of rotatable bonds is 7. The number of aromatic amines is 1. The average molecular weight is 537 g/mol. The summed E-state index contributed by atoms with van der Waals surface area (Å²) in [6, 6.07) is 23.0. The van der Waals surface area contributed by atoms with Crippen LogP contribution in [0.4, 0.5) is 19.1 Å². The normalized spacial score (nSPS) is 15.2. The highest BCUT2D eigenvalue weighted by molar-refractivity contribution is 5.83. The van der Waals surface area contributed by atoms with Crippen molar-refractivity contribution < 1.29 is 22.7 Å². The number of hydrogen-bond acceptors (Lipinski definition) is 5. The van der Waals surface area contributed by atoms with Crippen LogP contribution in [0.5, 0.6) is 5.75 Å². The van der Waals surface area contributed by atoms with Crippen molar-refractivity contribution in [1.82, 2.24) is 15.3 Å². The van der Waals surface area contributed by atoms with E-state index in [1.165, 1.54) is 6.07 Å². The van der Waals surface area contributed by atoms with Gasteiger partial charge in [0.1, 0.15) is 5.75 Å². The lowest BCUT2D eigenvalue weighted by Gasteiger charge is -2.41. The molecule has 39 heavy (non-hydrogen) atoms. The van der Waals surface area contributed by atoms with Gasteiger partial charge in [-0.25, -0.2) is 4.98 Å². The van der Waals surface area contributed by atoms with Gasteiger partial charge < -0.3 is 15.0 Å². The third-order valence-electron chi connectivity index (χ3n) is 7.08. The van der Waals surface area contributed by atoms with Gasteiger partial charge in [0, 0.05) is 25.7 Å². The first kappa shape index (κ1) is 26.3. The number of piperidine rings is 1. The van der Waals surface area contributed by atoms with Crippen LogP contribution >= 0.6 is 0 Å². The van der Waals surface area contributed by atoms with Crippen LogP contribution in [0, 0.1) is 5.41 Å². The number of nitrogens with one attached hydrogen (secondary N) is 2. The lowest BCUT2D eigenvalue weighted by molar-refractivity contribution is -0.274. The molecule has 1 aromatic heterocycles. The van der Waals surface area contributed by atoms with Gasteiger partial charge in [-0.2, -0.15) is 0 Å². The molecule has 0 unspecified atom stereocenters. The molecule has 0 atom stereocenters. The molecule has 0 bridgehead atoms. The van der Waals surface area contributed by atoms with Crippen LogP contribution in [-0.2, 0) is 17.8 Å². The van der Waals surface area contributed by atoms with E-state index in [0.29, 0.717) is 38.9 Å². The summed E-state index contributed by atoms with van der Waals surface area (Å²) in [4.78, 5) is 35.3. The number of fused-ring (bicyclic) bond motifs is 1. The number of nitrogens with zero attached hydrogens (tertiary/aromatic N) is 2. The minimum Gasteiger partial charge on any atom is -0.406 e. The molecule has 1 fully saturated rings. The summed E-state index contributed by atoms with van der Waals surface area (Å²) in [6.07, 6.45) is -3.29. The molecule has 1 amide bonds. The zero-order chi connectivity index (χ0) is 27.5. The number of halogens is 3. The van der Waals surface area contributed by atoms with Gasteiger partial charge in [0.25, 0.3) is 5.56 Å². The molecule has 5 rings (SSSR count). The van der Waals surface area contributed by atoms with Gasteiger partial charge in [0.05, 0.1) is 16.3 Å². The molecule has 10 heteroatoms. The molecule has 1 aliphatic rings. The molecule has 4 aromatic rings. The van der Waals surface area contributed by atoms with E-state index < -0.39 is 23.1 Å².